The molecule has 1 heterocycles. The maximum absolute atomic E-state index is 12.1. The molecule has 0 bridgehead atoms. The first kappa shape index (κ1) is 16.7. The Hall–Kier alpha value is -2.63. The lowest BCUT2D eigenvalue weighted by Crippen LogP contribution is -2.30. The van der Waals surface area contributed by atoms with Crippen molar-refractivity contribution in [3.8, 4) is 5.75 Å². The zero-order valence-electron chi connectivity index (χ0n) is 13.7. The number of benzene rings is 1. The monoisotopic (exact) mass is 315 g/mol. The van der Waals surface area contributed by atoms with Crippen molar-refractivity contribution in [1.29, 1.82) is 0 Å². The number of nitrogens with zero attached hydrogens (tertiary/aromatic N) is 3. The van der Waals surface area contributed by atoms with Gasteiger partial charge in [0.1, 0.15) is 5.75 Å². The van der Waals surface area contributed by atoms with Crippen molar-refractivity contribution < 1.29 is 14.3 Å². The van der Waals surface area contributed by atoms with Gasteiger partial charge in [-0.25, -0.2) is 0 Å². The highest BCUT2D eigenvalue weighted by Crippen LogP contribution is 2.13. The molecule has 0 unspecified atom stereocenters. The van der Waals surface area contributed by atoms with E-state index in [-0.39, 0.29) is 18.3 Å². The molecule has 0 radical (unpaired) electrons. The number of carbonyl (C=O) groups excluding carboxylic acids is 2. The largest absolute Gasteiger partial charge is 0.484 e. The Bertz CT molecular complexity index is 677. The highest BCUT2D eigenvalue weighted by atomic mass is 16.5. The highest BCUT2D eigenvalue weighted by Gasteiger charge is 2.11. The number of rotatable bonds is 7. The number of ether oxygens (including phenoxy) is 1. The molecule has 1 amide bonds. The molecule has 2 rings (SSSR count). The summed E-state index contributed by atoms with van der Waals surface area (Å²) in [7, 11) is 3.56. The number of aryl methyl sites for hydroxylation is 1. The van der Waals surface area contributed by atoms with Gasteiger partial charge in [0.15, 0.2) is 12.4 Å². The van der Waals surface area contributed by atoms with E-state index in [2.05, 4.69) is 5.10 Å². The fraction of sp³-hybridized carbons (Fsp3) is 0.353. The van der Waals surface area contributed by atoms with E-state index in [0.717, 1.165) is 5.56 Å². The predicted octanol–water partition coefficient (Wildman–Crippen LogP) is 2.05. The second-order valence-corrected chi connectivity index (χ2v) is 5.36. The van der Waals surface area contributed by atoms with Crippen LogP contribution in [0, 0.1) is 0 Å². The minimum atomic E-state index is -0.123. The average molecular weight is 315 g/mol. The second kappa shape index (κ2) is 7.58. The molecule has 0 aliphatic heterocycles. The Morgan fingerprint density at radius 3 is 2.52 bits per heavy atom. The van der Waals surface area contributed by atoms with Crippen LogP contribution in [0.5, 0.6) is 5.75 Å². The molecular weight excluding hydrogens is 294 g/mol. The van der Waals surface area contributed by atoms with Gasteiger partial charge in [-0.05, 0) is 24.3 Å². The van der Waals surface area contributed by atoms with Gasteiger partial charge in [-0.2, -0.15) is 5.10 Å². The van der Waals surface area contributed by atoms with Crippen molar-refractivity contribution in [1.82, 2.24) is 14.7 Å². The number of carbonyl (C=O) groups is 2. The van der Waals surface area contributed by atoms with Gasteiger partial charge < -0.3 is 9.64 Å². The molecule has 1 aromatic carbocycles. The van der Waals surface area contributed by atoms with Gasteiger partial charge in [-0.1, -0.05) is 6.92 Å². The van der Waals surface area contributed by atoms with Gasteiger partial charge in [0.05, 0.1) is 6.20 Å². The molecule has 0 N–H and O–H groups in total. The Morgan fingerprint density at radius 1 is 1.26 bits per heavy atom. The Balaban J connectivity index is 1.84. The standard InChI is InChI=1S/C17H21N3O3/c1-4-16(21)14-5-7-15(8-6-14)23-12-17(22)19(2)10-13-9-18-20(3)11-13/h5-9,11H,4,10,12H2,1-3H3. The first-order chi connectivity index (χ1) is 11.0. The van der Waals surface area contributed by atoms with E-state index in [9.17, 15) is 9.59 Å². The smallest absolute Gasteiger partial charge is 0.260 e. The number of amides is 1. The van der Waals surface area contributed by atoms with Crippen LogP contribution in [0.15, 0.2) is 36.7 Å². The maximum Gasteiger partial charge on any atom is 0.260 e. The number of ketones is 1. The third kappa shape index (κ3) is 4.67. The second-order valence-electron chi connectivity index (χ2n) is 5.36. The summed E-state index contributed by atoms with van der Waals surface area (Å²) in [5.41, 5.74) is 1.62. The predicted molar refractivity (Wildman–Crippen MR) is 86.2 cm³/mol. The molecule has 0 aliphatic carbocycles. The third-order valence-corrected chi connectivity index (χ3v) is 3.46. The summed E-state index contributed by atoms with van der Waals surface area (Å²) < 4.78 is 7.17. The van der Waals surface area contributed by atoms with Crippen molar-refractivity contribution in [3.05, 3.63) is 47.8 Å². The third-order valence-electron chi connectivity index (χ3n) is 3.46. The van der Waals surface area contributed by atoms with E-state index in [0.29, 0.717) is 24.3 Å². The van der Waals surface area contributed by atoms with Crippen LogP contribution >= 0.6 is 0 Å². The number of likely N-dealkylation sites (N-methyl/N-ethyl adjacent to an activating group) is 1. The quantitative estimate of drug-likeness (QED) is 0.734. The molecule has 0 atom stereocenters. The fourth-order valence-corrected chi connectivity index (χ4v) is 2.11. The molecule has 6 heteroatoms. The summed E-state index contributed by atoms with van der Waals surface area (Å²) in [6, 6.07) is 6.84. The molecule has 23 heavy (non-hydrogen) atoms. The lowest BCUT2D eigenvalue weighted by molar-refractivity contribution is -0.132. The number of hydrogen-bond donors (Lipinski definition) is 0. The van der Waals surface area contributed by atoms with E-state index < -0.39 is 0 Å². The van der Waals surface area contributed by atoms with Crippen LogP contribution in [-0.2, 0) is 18.4 Å². The van der Waals surface area contributed by atoms with Crippen LogP contribution in [0.2, 0.25) is 0 Å². The van der Waals surface area contributed by atoms with Crippen LogP contribution in [0.1, 0.15) is 29.3 Å². The Labute approximate surface area is 135 Å². The SMILES string of the molecule is CCC(=O)c1ccc(OCC(=O)N(C)Cc2cnn(C)c2)cc1. The van der Waals surface area contributed by atoms with Crippen molar-refractivity contribution in [2.24, 2.45) is 7.05 Å². The number of hydrogen-bond acceptors (Lipinski definition) is 4. The lowest BCUT2D eigenvalue weighted by Gasteiger charge is -2.16. The van der Waals surface area contributed by atoms with Crippen molar-refractivity contribution in [2.45, 2.75) is 19.9 Å². The van der Waals surface area contributed by atoms with Crippen molar-refractivity contribution in [2.75, 3.05) is 13.7 Å². The van der Waals surface area contributed by atoms with Gasteiger partial charge in [0.2, 0.25) is 0 Å². The van der Waals surface area contributed by atoms with Gasteiger partial charge >= 0.3 is 0 Å². The Morgan fingerprint density at radius 2 is 1.96 bits per heavy atom. The Kier molecular flexibility index (Phi) is 5.51. The van der Waals surface area contributed by atoms with Crippen LogP contribution in [0.25, 0.3) is 0 Å². The van der Waals surface area contributed by atoms with Gasteiger partial charge in [0.25, 0.3) is 5.91 Å². The minimum absolute atomic E-state index is 0.0438. The molecule has 0 fully saturated rings. The van der Waals surface area contributed by atoms with Gasteiger partial charge in [-0.15, -0.1) is 0 Å². The minimum Gasteiger partial charge on any atom is -0.484 e. The summed E-state index contributed by atoms with van der Waals surface area (Å²) in [6.07, 6.45) is 4.07. The normalized spacial score (nSPS) is 10.4. The first-order valence-electron chi connectivity index (χ1n) is 7.47. The number of Topliss-reactive ketones (excluding diaryl/α,β-unsaturated/α-hetero) is 1. The van der Waals surface area contributed by atoms with Crippen LogP contribution in [-0.4, -0.2) is 40.0 Å². The molecule has 0 saturated carbocycles. The van der Waals surface area contributed by atoms with Crippen LogP contribution in [0.4, 0.5) is 0 Å². The maximum atomic E-state index is 12.1. The summed E-state index contributed by atoms with van der Waals surface area (Å²) in [6.45, 7) is 2.27. The summed E-state index contributed by atoms with van der Waals surface area (Å²) in [5, 5.41) is 4.07. The molecule has 0 aliphatic rings. The fourth-order valence-electron chi connectivity index (χ4n) is 2.11. The van der Waals surface area contributed by atoms with Gasteiger partial charge in [-0.3, -0.25) is 14.3 Å². The van der Waals surface area contributed by atoms with Gasteiger partial charge in [0, 0.05) is 44.4 Å². The van der Waals surface area contributed by atoms with Crippen molar-refractivity contribution in [3.63, 3.8) is 0 Å². The molecule has 6 nitrogen and oxygen atoms in total. The molecular formula is C17H21N3O3. The summed E-state index contributed by atoms with van der Waals surface area (Å²) in [4.78, 5) is 25.2. The van der Waals surface area contributed by atoms with E-state index >= 15 is 0 Å². The van der Waals surface area contributed by atoms with Crippen LogP contribution in [0.3, 0.4) is 0 Å². The number of aromatic nitrogens is 2. The topological polar surface area (TPSA) is 64.4 Å². The molecule has 122 valence electrons. The van der Waals surface area contributed by atoms with E-state index in [1.807, 2.05) is 20.2 Å². The molecule has 2 aromatic rings. The zero-order chi connectivity index (χ0) is 16.8. The first-order valence-corrected chi connectivity index (χ1v) is 7.47. The lowest BCUT2D eigenvalue weighted by atomic mass is 10.1. The highest BCUT2D eigenvalue weighted by molar-refractivity contribution is 5.95. The summed E-state index contributed by atoms with van der Waals surface area (Å²) >= 11 is 0. The van der Waals surface area contributed by atoms with E-state index in [1.54, 1.807) is 47.1 Å². The van der Waals surface area contributed by atoms with E-state index in [1.165, 1.54) is 0 Å². The van der Waals surface area contributed by atoms with Crippen LogP contribution < -0.4 is 4.74 Å². The zero-order valence-corrected chi connectivity index (χ0v) is 13.7. The summed E-state index contributed by atoms with van der Waals surface area (Å²) in [5.74, 6) is 0.534. The van der Waals surface area contributed by atoms with E-state index in [4.69, 9.17) is 4.74 Å². The molecule has 1 aromatic heterocycles. The van der Waals surface area contributed by atoms with Crippen molar-refractivity contribution >= 4 is 11.7 Å². The molecule has 0 saturated heterocycles. The average Bonchev–Trinajstić information content (AvgIpc) is 2.97. The molecule has 0 spiro atoms.